The first-order chi connectivity index (χ1) is 18.3. The summed E-state index contributed by atoms with van der Waals surface area (Å²) < 4.78 is 38.4. The van der Waals surface area contributed by atoms with E-state index in [2.05, 4.69) is 30.7 Å². The number of thiazole rings is 1. The summed E-state index contributed by atoms with van der Waals surface area (Å²) >= 11 is 1.41. The van der Waals surface area contributed by atoms with Gasteiger partial charge in [0.1, 0.15) is 27.2 Å². The molecule has 1 atom stereocenters. The standard InChI is InChI=1S/C24H25N7O5S2/c1-15-22(16(2)36-30-15)38(33,34)31-11-8-17(12-31)13-35-21-5-3-4-19(26-21)28-24(32)29-20-14-37-23(27-20)18-6-9-25-10-7-18/h3-7,9-10,14,17H,8,11-13H2,1-2H3,(H2,26,28,29,32). The van der Waals surface area contributed by atoms with Gasteiger partial charge < -0.3 is 9.26 Å². The SMILES string of the molecule is Cc1noc(C)c1S(=O)(=O)N1CCC(COc2cccc(NC(=O)Nc3csc(-c4ccncc4)n3)n2)C1. The number of aryl methyl sites for hydroxylation is 2. The van der Waals surface area contributed by atoms with Gasteiger partial charge in [-0.05, 0) is 38.5 Å². The van der Waals surface area contributed by atoms with Crippen LogP contribution in [0, 0.1) is 19.8 Å². The Bertz CT molecular complexity index is 1520. The number of urea groups is 1. The second-order valence-corrected chi connectivity index (χ2v) is 11.4. The summed E-state index contributed by atoms with van der Waals surface area (Å²) in [5, 5.41) is 11.6. The monoisotopic (exact) mass is 555 g/mol. The van der Waals surface area contributed by atoms with E-state index in [-0.39, 0.29) is 23.2 Å². The van der Waals surface area contributed by atoms with Crippen LogP contribution in [0.1, 0.15) is 17.9 Å². The van der Waals surface area contributed by atoms with Gasteiger partial charge in [-0.15, -0.1) is 11.3 Å². The van der Waals surface area contributed by atoms with Gasteiger partial charge in [0, 0.05) is 48.4 Å². The fourth-order valence-electron chi connectivity index (χ4n) is 4.11. The van der Waals surface area contributed by atoms with Gasteiger partial charge in [-0.2, -0.15) is 9.29 Å². The quantitative estimate of drug-likeness (QED) is 0.329. The molecule has 14 heteroatoms. The van der Waals surface area contributed by atoms with Crippen LogP contribution in [0.4, 0.5) is 16.4 Å². The number of carbonyl (C=O) groups excluding carboxylic acids is 1. The van der Waals surface area contributed by atoms with E-state index >= 15 is 0 Å². The third kappa shape index (κ3) is 5.66. The van der Waals surface area contributed by atoms with Crippen molar-refractivity contribution in [3.8, 4) is 16.5 Å². The number of anilines is 2. The van der Waals surface area contributed by atoms with E-state index in [1.807, 2.05) is 12.1 Å². The zero-order valence-electron chi connectivity index (χ0n) is 20.6. The van der Waals surface area contributed by atoms with Gasteiger partial charge in [0.2, 0.25) is 15.9 Å². The Labute approximate surface area is 223 Å². The molecule has 0 saturated carbocycles. The van der Waals surface area contributed by atoms with Crippen molar-refractivity contribution >= 4 is 39.0 Å². The maximum Gasteiger partial charge on any atom is 0.326 e. The number of pyridine rings is 2. The lowest BCUT2D eigenvalue weighted by atomic mass is 10.1. The molecule has 0 aliphatic carbocycles. The highest BCUT2D eigenvalue weighted by molar-refractivity contribution is 7.89. The second-order valence-electron chi connectivity index (χ2n) is 8.70. The van der Waals surface area contributed by atoms with Crippen molar-refractivity contribution in [2.24, 2.45) is 5.92 Å². The lowest BCUT2D eigenvalue weighted by Gasteiger charge is -2.16. The van der Waals surface area contributed by atoms with Gasteiger partial charge in [0.15, 0.2) is 5.76 Å². The molecule has 5 rings (SSSR count). The Morgan fingerprint density at radius 1 is 1.16 bits per heavy atom. The van der Waals surface area contributed by atoms with Crippen LogP contribution in [0.2, 0.25) is 0 Å². The predicted molar refractivity (Wildman–Crippen MR) is 141 cm³/mol. The molecular formula is C24H25N7O5S2. The minimum atomic E-state index is -3.69. The first-order valence-electron chi connectivity index (χ1n) is 11.8. The Hall–Kier alpha value is -3.88. The number of hydrogen-bond donors (Lipinski definition) is 2. The molecule has 4 aromatic rings. The molecule has 1 aliphatic heterocycles. The number of aromatic nitrogens is 4. The molecule has 38 heavy (non-hydrogen) atoms. The molecule has 1 fully saturated rings. The van der Waals surface area contributed by atoms with E-state index < -0.39 is 16.1 Å². The number of nitrogens with one attached hydrogen (secondary N) is 2. The largest absolute Gasteiger partial charge is 0.477 e. The molecule has 2 N–H and O–H groups in total. The molecule has 5 heterocycles. The van der Waals surface area contributed by atoms with Crippen LogP contribution >= 0.6 is 11.3 Å². The first kappa shape index (κ1) is 25.8. The Morgan fingerprint density at radius 3 is 2.71 bits per heavy atom. The van der Waals surface area contributed by atoms with Crippen LogP contribution < -0.4 is 15.4 Å². The van der Waals surface area contributed by atoms with Crippen LogP contribution in [0.5, 0.6) is 5.88 Å². The molecule has 198 valence electrons. The normalized spacial score (nSPS) is 15.9. The minimum Gasteiger partial charge on any atom is -0.477 e. The molecular weight excluding hydrogens is 530 g/mol. The van der Waals surface area contributed by atoms with Crippen molar-refractivity contribution in [2.45, 2.75) is 25.2 Å². The van der Waals surface area contributed by atoms with Crippen LogP contribution in [0.3, 0.4) is 0 Å². The van der Waals surface area contributed by atoms with Gasteiger partial charge in [0.05, 0.1) is 6.61 Å². The number of ether oxygens (including phenoxy) is 1. The molecule has 1 saturated heterocycles. The number of sulfonamides is 1. The highest BCUT2D eigenvalue weighted by atomic mass is 32.2. The van der Waals surface area contributed by atoms with Crippen molar-refractivity contribution in [1.29, 1.82) is 0 Å². The van der Waals surface area contributed by atoms with Crippen molar-refractivity contribution in [1.82, 2.24) is 24.4 Å². The summed E-state index contributed by atoms with van der Waals surface area (Å²) in [6.45, 7) is 4.20. The number of rotatable bonds is 8. The predicted octanol–water partition coefficient (Wildman–Crippen LogP) is 3.94. The average molecular weight is 556 g/mol. The van der Waals surface area contributed by atoms with E-state index in [1.165, 1.54) is 15.6 Å². The highest BCUT2D eigenvalue weighted by Crippen LogP contribution is 2.29. The second kappa shape index (κ2) is 10.8. The van der Waals surface area contributed by atoms with Crippen LogP contribution in [-0.4, -0.2) is 58.6 Å². The minimum absolute atomic E-state index is 0.00813. The molecule has 0 radical (unpaired) electrons. The fraction of sp³-hybridized carbons (Fsp3) is 0.292. The van der Waals surface area contributed by atoms with Crippen molar-refractivity contribution in [3.63, 3.8) is 0 Å². The van der Waals surface area contributed by atoms with Gasteiger partial charge in [-0.3, -0.25) is 15.6 Å². The molecule has 12 nitrogen and oxygen atoms in total. The molecule has 1 aliphatic rings. The summed E-state index contributed by atoms with van der Waals surface area (Å²) in [5.74, 6) is 1.32. The van der Waals surface area contributed by atoms with E-state index in [4.69, 9.17) is 9.26 Å². The van der Waals surface area contributed by atoms with Crippen LogP contribution in [0.15, 0.2) is 57.5 Å². The maximum absolute atomic E-state index is 13.0. The van der Waals surface area contributed by atoms with Gasteiger partial charge in [-0.25, -0.2) is 18.2 Å². The Balaban J connectivity index is 1.14. The Morgan fingerprint density at radius 2 is 1.95 bits per heavy atom. The summed E-state index contributed by atoms with van der Waals surface area (Å²) in [6.07, 6.45) is 4.02. The summed E-state index contributed by atoms with van der Waals surface area (Å²) in [5.41, 5.74) is 1.26. The summed E-state index contributed by atoms with van der Waals surface area (Å²) in [4.78, 5) is 25.3. The van der Waals surface area contributed by atoms with E-state index in [9.17, 15) is 13.2 Å². The van der Waals surface area contributed by atoms with Crippen molar-refractivity contribution < 1.29 is 22.5 Å². The first-order valence-corrected chi connectivity index (χ1v) is 14.1. The molecule has 0 aromatic carbocycles. The lowest BCUT2D eigenvalue weighted by Crippen LogP contribution is -2.30. The fourth-order valence-corrected chi connectivity index (χ4v) is 6.69. The third-order valence-corrected chi connectivity index (χ3v) is 8.92. The highest BCUT2D eigenvalue weighted by Gasteiger charge is 2.36. The van der Waals surface area contributed by atoms with Crippen molar-refractivity contribution in [2.75, 3.05) is 30.3 Å². The van der Waals surface area contributed by atoms with Gasteiger partial charge >= 0.3 is 6.03 Å². The number of carbonyl (C=O) groups is 1. The number of hydrogen-bond acceptors (Lipinski definition) is 10. The van der Waals surface area contributed by atoms with Gasteiger partial charge in [0.25, 0.3) is 0 Å². The van der Waals surface area contributed by atoms with E-state index in [0.29, 0.717) is 42.7 Å². The molecule has 4 aromatic heterocycles. The molecule has 2 amide bonds. The number of nitrogens with zero attached hydrogens (tertiary/aromatic N) is 5. The average Bonchev–Trinajstić information content (AvgIpc) is 3.64. The van der Waals surface area contributed by atoms with Crippen molar-refractivity contribution in [3.05, 3.63) is 59.6 Å². The third-order valence-electron chi connectivity index (χ3n) is 5.92. The maximum atomic E-state index is 13.0. The molecule has 0 bridgehead atoms. The molecule has 0 spiro atoms. The Kier molecular flexibility index (Phi) is 7.35. The topological polar surface area (TPSA) is 152 Å². The summed E-state index contributed by atoms with van der Waals surface area (Å²) in [6, 6.07) is 8.24. The summed E-state index contributed by atoms with van der Waals surface area (Å²) in [7, 11) is -3.69. The van der Waals surface area contributed by atoms with Crippen LogP contribution in [0.25, 0.3) is 10.6 Å². The van der Waals surface area contributed by atoms with E-state index in [0.717, 1.165) is 10.6 Å². The zero-order valence-corrected chi connectivity index (χ0v) is 22.3. The smallest absolute Gasteiger partial charge is 0.326 e. The van der Waals surface area contributed by atoms with E-state index in [1.54, 1.807) is 49.8 Å². The van der Waals surface area contributed by atoms with Gasteiger partial charge in [-0.1, -0.05) is 11.2 Å². The number of amides is 2. The van der Waals surface area contributed by atoms with Crippen LogP contribution in [-0.2, 0) is 10.0 Å². The zero-order chi connectivity index (χ0) is 26.7. The molecule has 1 unspecified atom stereocenters. The lowest BCUT2D eigenvalue weighted by molar-refractivity contribution is 0.246.